The molecule has 0 saturated carbocycles. The first-order valence-electron chi connectivity index (χ1n) is 10.5. The average Bonchev–Trinajstić information content (AvgIpc) is 3.48. The van der Waals surface area contributed by atoms with E-state index in [-0.39, 0.29) is 33.9 Å². The fourth-order valence-corrected chi connectivity index (χ4v) is 5.29. The maximum absolute atomic E-state index is 11.5. The van der Waals surface area contributed by atoms with E-state index in [4.69, 9.17) is 14.5 Å². The van der Waals surface area contributed by atoms with Crippen molar-refractivity contribution in [1.82, 2.24) is 9.88 Å². The van der Waals surface area contributed by atoms with E-state index in [0.29, 0.717) is 34.9 Å². The van der Waals surface area contributed by atoms with Gasteiger partial charge in [-0.25, -0.2) is 4.98 Å². The van der Waals surface area contributed by atoms with Crippen LogP contribution in [0.5, 0.6) is 11.5 Å². The second-order valence-electron chi connectivity index (χ2n) is 7.99. The number of hydrogen-bond acceptors (Lipinski definition) is 9. The van der Waals surface area contributed by atoms with Gasteiger partial charge in [-0.1, -0.05) is 12.1 Å². The first kappa shape index (κ1) is 21.3. The van der Waals surface area contributed by atoms with Crippen molar-refractivity contribution in [2.24, 2.45) is 0 Å². The highest BCUT2D eigenvalue weighted by molar-refractivity contribution is 7.10. The number of rotatable bonds is 6. The van der Waals surface area contributed by atoms with E-state index in [0.717, 1.165) is 30.9 Å². The summed E-state index contributed by atoms with van der Waals surface area (Å²) in [4.78, 5) is 29.0. The molecule has 2 aromatic carbocycles. The van der Waals surface area contributed by atoms with E-state index < -0.39 is 0 Å². The molecule has 10 nitrogen and oxygen atoms in total. The largest absolute Gasteiger partial charge is 0.454 e. The lowest BCUT2D eigenvalue weighted by Crippen LogP contribution is -2.32. The Morgan fingerprint density at radius 3 is 2.45 bits per heavy atom. The summed E-state index contributed by atoms with van der Waals surface area (Å²) in [6, 6.07) is 9.76. The first-order chi connectivity index (χ1) is 16.0. The molecule has 0 radical (unpaired) electrons. The topological polar surface area (TPSA) is 121 Å². The second kappa shape index (κ2) is 8.75. The Bertz CT molecular complexity index is 1220. The van der Waals surface area contributed by atoms with E-state index in [9.17, 15) is 20.2 Å². The number of ether oxygens (including phenoxy) is 2. The van der Waals surface area contributed by atoms with Crippen molar-refractivity contribution in [3.63, 3.8) is 0 Å². The van der Waals surface area contributed by atoms with Crippen LogP contribution in [0.25, 0.3) is 11.3 Å². The van der Waals surface area contributed by atoms with Crippen LogP contribution in [0, 0.1) is 20.2 Å². The lowest BCUT2D eigenvalue weighted by atomic mass is 9.97. The van der Waals surface area contributed by atoms with Gasteiger partial charge in [-0.05, 0) is 38.1 Å². The van der Waals surface area contributed by atoms with Crippen LogP contribution < -0.4 is 9.47 Å². The summed E-state index contributed by atoms with van der Waals surface area (Å²) in [6.07, 6.45) is 1.73. The van der Waals surface area contributed by atoms with Gasteiger partial charge in [-0.15, -0.1) is 11.3 Å². The van der Waals surface area contributed by atoms with Gasteiger partial charge < -0.3 is 9.47 Å². The van der Waals surface area contributed by atoms with Crippen LogP contribution in [-0.2, 0) is 6.54 Å². The van der Waals surface area contributed by atoms with Crippen LogP contribution in [0.15, 0.2) is 41.8 Å². The van der Waals surface area contributed by atoms with E-state index in [1.165, 1.54) is 23.5 Å². The Morgan fingerprint density at radius 2 is 1.73 bits per heavy atom. The standard InChI is InChI=1S/C22H20N4O6S/c27-25(28)18-4-2-1-3-16(18)17-12-33-22(23-17)14-5-7-24(8-6-14)11-15-9-20-21(32-13-31-20)10-19(15)26(29)30/h1-4,9-10,12,14H,5-8,11,13H2. The molecule has 1 aromatic heterocycles. The number of para-hydroxylation sites is 1. The number of likely N-dealkylation sites (tertiary alicyclic amines) is 1. The van der Waals surface area contributed by atoms with Gasteiger partial charge in [0.1, 0.15) is 0 Å². The number of nitro benzene ring substituents is 2. The molecule has 0 unspecified atom stereocenters. The minimum absolute atomic E-state index is 0.0374. The zero-order valence-electron chi connectivity index (χ0n) is 17.5. The van der Waals surface area contributed by atoms with Gasteiger partial charge in [0.15, 0.2) is 11.5 Å². The molecular formula is C22H20N4O6S. The maximum atomic E-state index is 11.5. The third-order valence-electron chi connectivity index (χ3n) is 6.00. The van der Waals surface area contributed by atoms with Gasteiger partial charge in [0, 0.05) is 29.5 Å². The SMILES string of the molecule is O=[N+]([O-])c1cc2c(cc1CN1CCC(c3nc(-c4ccccc4[N+](=O)[O-])cs3)CC1)OCO2. The Balaban J connectivity index is 1.27. The summed E-state index contributed by atoms with van der Waals surface area (Å²) >= 11 is 1.52. The Hall–Kier alpha value is -3.57. The molecule has 11 heteroatoms. The molecule has 0 spiro atoms. The molecule has 5 rings (SSSR count). The summed E-state index contributed by atoms with van der Waals surface area (Å²) in [5.41, 5.74) is 1.85. The molecule has 2 aliphatic heterocycles. The van der Waals surface area contributed by atoms with Gasteiger partial charge in [-0.3, -0.25) is 25.1 Å². The summed E-state index contributed by atoms with van der Waals surface area (Å²) in [5.74, 6) is 1.20. The fraction of sp³-hybridized carbons (Fsp3) is 0.318. The highest BCUT2D eigenvalue weighted by atomic mass is 32.1. The Morgan fingerprint density at radius 1 is 1.03 bits per heavy atom. The lowest BCUT2D eigenvalue weighted by Gasteiger charge is -2.31. The quantitative estimate of drug-likeness (QED) is 0.376. The average molecular weight is 468 g/mol. The molecule has 3 heterocycles. The fourth-order valence-electron chi connectivity index (χ4n) is 4.30. The van der Waals surface area contributed by atoms with Crippen LogP contribution in [-0.4, -0.2) is 39.6 Å². The summed E-state index contributed by atoms with van der Waals surface area (Å²) in [5, 5.41) is 25.7. The van der Waals surface area contributed by atoms with Gasteiger partial charge in [-0.2, -0.15) is 0 Å². The second-order valence-corrected chi connectivity index (χ2v) is 8.88. The van der Waals surface area contributed by atoms with Crippen molar-refractivity contribution in [2.45, 2.75) is 25.3 Å². The predicted octanol–water partition coefficient (Wildman–Crippen LogP) is 4.73. The molecule has 170 valence electrons. The molecular weight excluding hydrogens is 448 g/mol. The smallest absolute Gasteiger partial charge is 0.278 e. The molecule has 1 fully saturated rings. The zero-order chi connectivity index (χ0) is 22.9. The van der Waals surface area contributed by atoms with E-state index in [1.54, 1.807) is 24.3 Å². The van der Waals surface area contributed by atoms with Crippen LogP contribution >= 0.6 is 11.3 Å². The van der Waals surface area contributed by atoms with Crippen LogP contribution in [0.2, 0.25) is 0 Å². The summed E-state index contributed by atoms with van der Waals surface area (Å²) < 4.78 is 10.7. The van der Waals surface area contributed by atoms with E-state index in [1.807, 2.05) is 5.38 Å². The molecule has 0 atom stereocenters. The van der Waals surface area contributed by atoms with Crippen molar-refractivity contribution < 1.29 is 19.3 Å². The number of benzene rings is 2. The highest BCUT2D eigenvalue weighted by Crippen LogP contribution is 2.40. The molecule has 33 heavy (non-hydrogen) atoms. The normalized spacial score (nSPS) is 16.1. The monoisotopic (exact) mass is 468 g/mol. The molecule has 3 aromatic rings. The molecule has 0 bridgehead atoms. The number of aromatic nitrogens is 1. The third-order valence-corrected chi connectivity index (χ3v) is 7.01. The summed E-state index contributed by atoms with van der Waals surface area (Å²) in [6.45, 7) is 2.08. The third kappa shape index (κ3) is 4.24. The van der Waals surface area contributed by atoms with Gasteiger partial charge >= 0.3 is 0 Å². The minimum atomic E-state index is -0.387. The maximum Gasteiger partial charge on any atom is 0.278 e. The van der Waals surface area contributed by atoms with E-state index >= 15 is 0 Å². The number of nitrogens with zero attached hydrogens (tertiary/aromatic N) is 4. The molecule has 1 saturated heterocycles. The summed E-state index contributed by atoms with van der Waals surface area (Å²) in [7, 11) is 0. The van der Waals surface area contributed by atoms with Crippen LogP contribution in [0.1, 0.15) is 29.3 Å². The molecule has 0 aliphatic carbocycles. The molecule has 2 aliphatic rings. The van der Waals surface area contributed by atoms with Crippen molar-refractivity contribution in [1.29, 1.82) is 0 Å². The number of hydrogen-bond donors (Lipinski definition) is 0. The van der Waals surface area contributed by atoms with E-state index in [2.05, 4.69) is 4.90 Å². The van der Waals surface area contributed by atoms with Crippen LogP contribution in [0.4, 0.5) is 11.4 Å². The number of thiazole rings is 1. The van der Waals surface area contributed by atoms with Gasteiger partial charge in [0.25, 0.3) is 11.4 Å². The number of fused-ring (bicyclic) bond motifs is 1. The van der Waals surface area contributed by atoms with Crippen LogP contribution in [0.3, 0.4) is 0 Å². The van der Waals surface area contributed by atoms with Gasteiger partial charge in [0.05, 0.1) is 32.2 Å². The van der Waals surface area contributed by atoms with Crippen molar-refractivity contribution >= 4 is 22.7 Å². The first-order valence-corrected chi connectivity index (χ1v) is 11.4. The van der Waals surface area contributed by atoms with Gasteiger partial charge in [0.2, 0.25) is 6.79 Å². The minimum Gasteiger partial charge on any atom is -0.454 e. The molecule has 0 N–H and O–H groups in total. The number of nitro groups is 2. The molecule has 0 amide bonds. The van der Waals surface area contributed by atoms with Crippen molar-refractivity contribution in [3.05, 3.63) is 72.6 Å². The predicted molar refractivity (Wildman–Crippen MR) is 121 cm³/mol. The Labute approximate surface area is 192 Å². The zero-order valence-corrected chi connectivity index (χ0v) is 18.3. The van der Waals surface area contributed by atoms with Crippen molar-refractivity contribution in [3.8, 4) is 22.8 Å². The van der Waals surface area contributed by atoms with Crippen molar-refractivity contribution in [2.75, 3.05) is 19.9 Å². The highest BCUT2D eigenvalue weighted by Gasteiger charge is 2.28. The Kier molecular flexibility index (Phi) is 5.65. The lowest BCUT2D eigenvalue weighted by molar-refractivity contribution is -0.385. The number of piperidine rings is 1.